The quantitative estimate of drug-likeness (QED) is 0.749. The van der Waals surface area contributed by atoms with E-state index in [-0.39, 0.29) is 12.2 Å². The number of unbranched alkanes of at least 4 members (excludes halogenated alkanes) is 1. The molecule has 0 bridgehead atoms. The lowest BCUT2D eigenvalue weighted by atomic mass is 10.0. The number of hydrogen-bond donors (Lipinski definition) is 1. The zero-order chi connectivity index (χ0) is 15.2. The number of carbonyl (C=O) groups excluding carboxylic acids is 1. The number of rotatable bonds is 8. The first-order valence-corrected chi connectivity index (χ1v) is 8.72. The lowest BCUT2D eigenvalue weighted by molar-refractivity contribution is -0.131. The minimum Gasteiger partial charge on any atom is -0.384 e. The van der Waals surface area contributed by atoms with Gasteiger partial charge in [-0.2, -0.15) is 0 Å². The molecule has 2 rings (SSSR count). The molecule has 3 atom stereocenters. The summed E-state index contributed by atoms with van der Waals surface area (Å²) in [7, 11) is 1.74. The number of hydrogen-bond acceptors (Lipinski definition) is 3. The predicted molar refractivity (Wildman–Crippen MR) is 84.9 cm³/mol. The second-order valence-corrected chi connectivity index (χ2v) is 6.90. The average molecular weight is 296 g/mol. The Morgan fingerprint density at radius 3 is 2.71 bits per heavy atom. The van der Waals surface area contributed by atoms with Crippen molar-refractivity contribution >= 4 is 5.91 Å². The lowest BCUT2D eigenvalue weighted by Crippen LogP contribution is -2.44. The van der Waals surface area contributed by atoms with Crippen molar-refractivity contribution in [3.05, 3.63) is 0 Å². The van der Waals surface area contributed by atoms with E-state index in [2.05, 4.69) is 24.1 Å². The fourth-order valence-electron chi connectivity index (χ4n) is 3.86. The van der Waals surface area contributed by atoms with Crippen molar-refractivity contribution in [1.82, 2.24) is 10.2 Å². The van der Waals surface area contributed by atoms with E-state index in [1.807, 2.05) is 0 Å². The van der Waals surface area contributed by atoms with Gasteiger partial charge in [-0.1, -0.05) is 39.5 Å². The van der Waals surface area contributed by atoms with Crippen molar-refractivity contribution in [2.75, 3.05) is 20.3 Å². The van der Waals surface area contributed by atoms with Gasteiger partial charge in [0, 0.05) is 13.7 Å². The Balaban J connectivity index is 2.01. The molecule has 3 unspecified atom stereocenters. The highest BCUT2D eigenvalue weighted by atomic mass is 16.5. The van der Waals surface area contributed by atoms with Crippen molar-refractivity contribution in [2.24, 2.45) is 11.8 Å². The van der Waals surface area contributed by atoms with Crippen molar-refractivity contribution in [2.45, 2.75) is 71.0 Å². The summed E-state index contributed by atoms with van der Waals surface area (Å²) in [6.45, 7) is 5.90. The van der Waals surface area contributed by atoms with Gasteiger partial charge in [0.1, 0.15) is 0 Å². The number of carbonyl (C=O) groups is 1. The van der Waals surface area contributed by atoms with Crippen LogP contribution >= 0.6 is 0 Å². The Bertz CT molecular complexity index is 329. The third-order valence-corrected chi connectivity index (χ3v) is 4.94. The molecule has 0 aromatic rings. The Kier molecular flexibility index (Phi) is 6.49. The van der Waals surface area contributed by atoms with Crippen LogP contribution in [0.2, 0.25) is 0 Å². The van der Waals surface area contributed by atoms with Gasteiger partial charge in [-0.05, 0) is 31.1 Å². The van der Waals surface area contributed by atoms with Gasteiger partial charge in [-0.25, -0.2) is 0 Å². The molecular weight excluding hydrogens is 264 g/mol. The molecule has 1 saturated carbocycles. The topological polar surface area (TPSA) is 41.6 Å². The van der Waals surface area contributed by atoms with Gasteiger partial charge in [0.25, 0.3) is 0 Å². The normalized spacial score (nSPS) is 28.5. The largest absolute Gasteiger partial charge is 0.384 e. The third kappa shape index (κ3) is 4.19. The SMILES string of the molecule is CCCCC1NC(C2CCCC2)N(CC(C)COC)C1=O. The van der Waals surface area contributed by atoms with Crippen molar-refractivity contribution in [1.29, 1.82) is 0 Å². The molecule has 4 nitrogen and oxygen atoms in total. The van der Waals surface area contributed by atoms with E-state index in [4.69, 9.17) is 4.74 Å². The van der Waals surface area contributed by atoms with Crippen LogP contribution in [0.1, 0.15) is 58.8 Å². The van der Waals surface area contributed by atoms with E-state index in [1.54, 1.807) is 7.11 Å². The van der Waals surface area contributed by atoms with Crippen LogP contribution in [0.5, 0.6) is 0 Å². The fraction of sp³-hybridized carbons (Fsp3) is 0.941. The van der Waals surface area contributed by atoms with Gasteiger partial charge in [0.05, 0.1) is 18.8 Å². The molecule has 2 aliphatic rings. The van der Waals surface area contributed by atoms with Gasteiger partial charge in [-0.15, -0.1) is 0 Å². The summed E-state index contributed by atoms with van der Waals surface area (Å²) >= 11 is 0. The van der Waals surface area contributed by atoms with Crippen LogP contribution in [-0.2, 0) is 9.53 Å². The predicted octanol–water partition coefficient (Wildman–Crippen LogP) is 2.78. The summed E-state index contributed by atoms with van der Waals surface area (Å²) in [5.41, 5.74) is 0. The first kappa shape index (κ1) is 16.8. The number of nitrogens with one attached hydrogen (secondary N) is 1. The first-order valence-electron chi connectivity index (χ1n) is 8.72. The van der Waals surface area contributed by atoms with E-state index in [0.717, 1.165) is 32.4 Å². The third-order valence-electron chi connectivity index (χ3n) is 4.94. The van der Waals surface area contributed by atoms with Crippen LogP contribution in [0, 0.1) is 11.8 Å². The Morgan fingerprint density at radius 2 is 2.10 bits per heavy atom. The summed E-state index contributed by atoms with van der Waals surface area (Å²) in [6.07, 6.45) is 8.69. The molecule has 1 heterocycles. The Labute approximate surface area is 129 Å². The zero-order valence-electron chi connectivity index (χ0n) is 13.9. The Morgan fingerprint density at radius 1 is 1.38 bits per heavy atom. The van der Waals surface area contributed by atoms with Crippen LogP contribution in [0.3, 0.4) is 0 Å². The van der Waals surface area contributed by atoms with Crippen LogP contribution in [-0.4, -0.2) is 43.3 Å². The molecule has 0 radical (unpaired) electrons. The molecule has 4 heteroatoms. The maximum absolute atomic E-state index is 12.7. The number of nitrogens with zero attached hydrogens (tertiary/aromatic N) is 1. The van der Waals surface area contributed by atoms with Crippen LogP contribution < -0.4 is 5.32 Å². The van der Waals surface area contributed by atoms with Crippen LogP contribution in [0.15, 0.2) is 0 Å². The molecule has 0 aromatic heterocycles. The standard InChI is InChI=1S/C17H32N2O2/c1-4-5-10-15-17(20)19(11-13(2)12-21-3)16(18-15)14-8-6-7-9-14/h13-16,18H,4-12H2,1-3H3. The number of methoxy groups -OCH3 is 1. The molecule has 1 N–H and O–H groups in total. The van der Waals surface area contributed by atoms with Crippen molar-refractivity contribution in [3.63, 3.8) is 0 Å². The molecule has 122 valence electrons. The van der Waals surface area contributed by atoms with E-state index < -0.39 is 0 Å². The lowest BCUT2D eigenvalue weighted by Gasteiger charge is -2.31. The van der Waals surface area contributed by atoms with E-state index in [9.17, 15) is 4.79 Å². The number of amides is 1. The Hall–Kier alpha value is -0.610. The molecule has 1 saturated heterocycles. The van der Waals surface area contributed by atoms with Gasteiger partial charge >= 0.3 is 0 Å². The summed E-state index contributed by atoms with van der Waals surface area (Å²) < 4.78 is 5.24. The molecular formula is C17H32N2O2. The molecule has 1 aliphatic carbocycles. The van der Waals surface area contributed by atoms with E-state index >= 15 is 0 Å². The maximum atomic E-state index is 12.7. The highest BCUT2D eigenvalue weighted by Gasteiger charge is 2.42. The second kappa shape index (κ2) is 8.14. The molecule has 2 fully saturated rings. The zero-order valence-corrected chi connectivity index (χ0v) is 13.9. The highest BCUT2D eigenvalue weighted by molar-refractivity contribution is 5.84. The van der Waals surface area contributed by atoms with Crippen molar-refractivity contribution < 1.29 is 9.53 Å². The van der Waals surface area contributed by atoms with Crippen LogP contribution in [0.4, 0.5) is 0 Å². The second-order valence-electron chi connectivity index (χ2n) is 6.90. The minimum absolute atomic E-state index is 0.0466. The minimum atomic E-state index is 0.0466. The van der Waals surface area contributed by atoms with E-state index in [1.165, 1.54) is 25.7 Å². The summed E-state index contributed by atoms with van der Waals surface area (Å²) in [4.78, 5) is 14.9. The average Bonchev–Trinajstić information content (AvgIpc) is 3.07. The molecule has 21 heavy (non-hydrogen) atoms. The van der Waals surface area contributed by atoms with Gasteiger partial charge in [-0.3, -0.25) is 10.1 Å². The van der Waals surface area contributed by atoms with Crippen LogP contribution in [0.25, 0.3) is 0 Å². The van der Waals surface area contributed by atoms with Gasteiger partial charge in [0.15, 0.2) is 0 Å². The van der Waals surface area contributed by atoms with Gasteiger partial charge in [0.2, 0.25) is 5.91 Å². The monoisotopic (exact) mass is 296 g/mol. The molecule has 0 aromatic carbocycles. The molecule has 1 aliphatic heterocycles. The summed E-state index contributed by atoms with van der Waals surface area (Å²) in [6, 6.07) is 0.0466. The number of ether oxygens (including phenoxy) is 1. The van der Waals surface area contributed by atoms with E-state index in [0.29, 0.717) is 17.7 Å². The first-order chi connectivity index (χ1) is 10.2. The van der Waals surface area contributed by atoms with Gasteiger partial charge < -0.3 is 9.64 Å². The summed E-state index contributed by atoms with van der Waals surface area (Å²) in [5, 5.41) is 3.65. The highest BCUT2D eigenvalue weighted by Crippen LogP contribution is 2.33. The van der Waals surface area contributed by atoms with Crippen molar-refractivity contribution in [3.8, 4) is 0 Å². The molecule has 0 spiro atoms. The fourth-order valence-corrected chi connectivity index (χ4v) is 3.86. The smallest absolute Gasteiger partial charge is 0.241 e. The maximum Gasteiger partial charge on any atom is 0.241 e. The summed E-state index contributed by atoms with van der Waals surface area (Å²) in [5.74, 6) is 1.37. The molecule has 1 amide bonds.